The topological polar surface area (TPSA) is 48.3 Å². The number of aromatic nitrogens is 2. The lowest BCUT2D eigenvalue weighted by Gasteiger charge is -2.11. The predicted octanol–water partition coefficient (Wildman–Crippen LogP) is 3.63. The van der Waals surface area contributed by atoms with Crippen LogP contribution in [0.2, 0.25) is 0 Å². The van der Waals surface area contributed by atoms with Crippen LogP contribution in [-0.2, 0) is 0 Å². The lowest BCUT2D eigenvalue weighted by molar-refractivity contribution is 0.414. The van der Waals surface area contributed by atoms with Crippen molar-refractivity contribution >= 4 is 11.6 Å². The molecule has 2 aromatic carbocycles. The third-order valence-corrected chi connectivity index (χ3v) is 3.34. The minimum Gasteiger partial charge on any atom is -0.497 e. The van der Waals surface area contributed by atoms with Gasteiger partial charge >= 0.3 is 0 Å². The molecule has 0 fully saturated rings. The Morgan fingerprint density at radius 3 is 2.05 bits per heavy atom. The van der Waals surface area contributed by atoms with Gasteiger partial charge in [-0.1, -0.05) is 0 Å². The fraction of sp³-hybridized carbons (Fsp3) is 0.118. The summed E-state index contributed by atoms with van der Waals surface area (Å²) in [5, 5.41) is 3.30. The van der Waals surface area contributed by atoms with Crippen LogP contribution in [0.3, 0.4) is 0 Å². The number of nitrogens with one attached hydrogen (secondary N) is 1. The van der Waals surface area contributed by atoms with Gasteiger partial charge in [-0.2, -0.15) is 0 Å². The van der Waals surface area contributed by atoms with E-state index in [1.165, 1.54) is 0 Å². The largest absolute Gasteiger partial charge is 0.497 e. The normalized spacial score (nSPS) is 10.3. The van der Waals surface area contributed by atoms with Crippen LogP contribution >= 0.6 is 0 Å². The van der Waals surface area contributed by atoms with Crippen molar-refractivity contribution in [3.63, 3.8) is 0 Å². The molecule has 22 heavy (non-hydrogen) atoms. The van der Waals surface area contributed by atoms with Crippen molar-refractivity contribution in [1.29, 1.82) is 0 Å². The number of hydrogen-bond acceptors (Lipinski definition) is 4. The molecule has 0 unspecified atom stereocenters. The Morgan fingerprint density at radius 2 is 1.45 bits per heavy atom. The molecule has 3 rings (SSSR count). The van der Waals surface area contributed by atoms with E-state index in [4.69, 9.17) is 9.47 Å². The van der Waals surface area contributed by atoms with Gasteiger partial charge in [0.1, 0.15) is 11.5 Å². The van der Waals surface area contributed by atoms with Gasteiger partial charge in [-0.15, -0.1) is 0 Å². The van der Waals surface area contributed by atoms with E-state index in [-0.39, 0.29) is 0 Å². The van der Waals surface area contributed by atoms with E-state index < -0.39 is 0 Å². The summed E-state index contributed by atoms with van der Waals surface area (Å²) < 4.78 is 12.3. The highest BCUT2D eigenvalue weighted by atomic mass is 16.5. The molecular weight excluding hydrogens is 278 g/mol. The van der Waals surface area contributed by atoms with Crippen molar-refractivity contribution in [2.24, 2.45) is 0 Å². The van der Waals surface area contributed by atoms with Crippen LogP contribution < -0.4 is 14.8 Å². The summed E-state index contributed by atoms with van der Waals surface area (Å²) in [5.41, 5.74) is 1.95. The zero-order chi connectivity index (χ0) is 15.4. The Balaban J connectivity index is 1.84. The summed E-state index contributed by atoms with van der Waals surface area (Å²) in [6, 6.07) is 15.5. The van der Waals surface area contributed by atoms with E-state index in [0.29, 0.717) is 0 Å². The van der Waals surface area contributed by atoms with E-state index in [2.05, 4.69) is 10.3 Å². The first-order valence-electron chi connectivity index (χ1n) is 6.89. The molecule has 3 aromatic rings. The van der Waals surface area contributed by atoms with Crippen molar-refractivity contribution in [2.75, 3.05) is 19.5 Å². The monoisotopic (exact) mass is 295 g/mol. The van der Waals surface area contributed by atoms with Crippen molar-refractivity contribution < 1.29 is 9.47 Å². The van der Waals surface area contributed by atoms with Gasteiger partial charge in [0.25, 0.3) is 0 Å². The number of hydrogen-bond donors (Lipinski definition) is 1. The number of benzene rings is 2. The third kappa shape index (κ3) is 2.88. The highest BCUT2D eigenvalue weighted by Gasteiger charge is 2.05. The first kappa shape index (κ1) is 14.0. The SMILES string of the molecule is COc1ccc(Nc2nccn2-c2ccc(OC)cc2)cc1. The molecule has 1 heterocycles. The molecule has 0 bridgehead atoms. The van der Waals surface area contributed by atoms with Gasteiger partial charge in [0.15, 0.2) is 0 Å². The summed E-state index contributed by atoms with van der Waals surface area (Å²) >= 11 is 0. The Kier molecular flexibility index (Phi) is 3.96. The molecule has 0 saturated heterocycles. The van der Waals surface area contributed by atoms with Gasteiger partial charge in [0.2, 0.25) is 5.95 Å². The summed E-state index contributed by atoms with van der Waals surface area (Å²) in [4.78, 5) is 4.36. The molecule has 0 spiro atoms. The maximum atomic E-state index is 5.18. The van der Waals surface area contributed by atoms with Crippen LogP contribution in [0.4, 0.5) is 11.6 Å². The van der Waals surface area contributed by atoms with Gasteiger partial charge < -0.3 is 14.8 Å². The highest BCUT2D eigenvalue weighted by molar-refractivity contribution is 5.57. The number of anilines is 2. The Labute approximate surface area is 129 Å². The zero-order valence-electron chi connectivity index (χ0n) is 12.5. The van der Waals surface area contributed by atoms with Crippen LogP contribution in [0.25, 0.3) is 5.69 Å². The zero-order valence-corrected chi connectivity index (χ0v) is 12.5. The van der Waals surface area contributed by atoms with Gasteiger partial charge in [-0.05, 0) is 48.5 Å². The van der Waals surface area contributed by atoms with E-state index in [0.717, 1.165) is 28.8 Å². The van der Waals surface area contributed by atoms with Crippen LogP contribution in [0.5, 0.6) is 11.5 Å². The van der Waals surface area contributed by atoms with Gasteiger partial charge in [-0.25, -0.2) is 4.98 Å². The van der Waals surface area contributed by atoms with E-state index in [9.17, 15) is 0 Å². The second-order valence-corrected chi connectivity index (χ2v) is 4.67. The molecule has 1 aromatic heterocycles. The molecule has 1 N–H and O–H groups in total. The molecule has 0 radical (unpaired) electrons. The maximum Gasteiger partial charge on any atom is 0.212 e. The average molecular weight is 295 g/mol. The van der Waals surface area contributed by atoms with Crippen molar-refractivity contribution in [3.8, 4) is 17.2 Å². The van der Waals surface area contributed by atoms with E-state index in [1.54, 1.807) is 20.4 Å². The number of methoxy groups -OCH3 is 2. The van der Waals surface area contributed by atoms with Gasteiger partial charge in [0.05, 0.1) is 14.2 Å². The van der Waals surface area contributed by atoms with E-state index >= 15 is 0 Å². The van der Waals surface area contributed by atoms with Gasteiger partial charge in [-0.3, -0.25) is 4.57 Å². The van der Waals surface area contributed by atoms with Crippen LogP contribution in [0, 0.1) is 0 Å². The lowest BCUT2D eigenvalue weighted by Crippen LogP contribution is -2.01. The van der Waals surface area contributed by atoms with Crippen LogP contribution in [0.15, 0.2) is 60.9 Å². The average Bonchev–Trinajstić information content (AvgIpc) is 3.04. The Morgan fingerprint density at radius 1 is 0.864 bits per heavy atom. The van der Waals surface area contributed by atoms with Gasteiger partial charge in [0, 0.05) is 23.8 Å². The van der Waals surface area contributed by atoms with Crippen molar-refractivity contribution in [3.05, 3.63) is 60.9 Å². The summed E-state index contributed by atoms with van der Waals surface area (Å²) in [7, 11) is 3.31. The third-order valence-electron chi connectivity index (χ3n) is 3.34. The smallest absolute Gasteiger partial charge is 0.212 e. The number of rotatable bonds is 5. The molecule has 5 heteroatoms. The molecule has 0 saturated carbocycles. The maximum absolute atomic E-state index is 5.18. The van der Waals surface area contributed by atoms with Crippen LogP contribution in [-0.4, -0.2) is 23.8 Å². The number of imidazole rings is 1. The molecule has 0 atom stereocenters. The second-order valence-electron chi connectivity index (χ2n) is 4.67. The molecule has 112 valence electrons. The molecule has 0 aliphatic rings. The van der Waals surface area contributed by atoms with Crippen molar-refractivity contribution in [1.82, 2.24) is 9.55 Å². The molecule has 0 aliphatic carbocycles. The molecule has 0 amide bonds. The summed E-state index contributed by atoms with van der Waals surface area (Å²) in [5.74, 6) is 2.40. The summed E-state index contributed by atoms with van der Waals surface area (Å²) in [6.45, 7) is 0. The minimum atomic E-state index is 0.746. The first-order valence-corrected chi connectivity index (χ1v) is 6.89. The van der Waals surface area contributed by atoms with E-state index in [1.807, 2.05) is 59.3 Å². The molecule has 0 aliphatic heterocycles. The fourth-order valence-electron chi connectivity index (χ4n) is 2.15. The molecular formula is C17H17N3O2. The number of nitrogens with zero attached hydrogens (tertiary/aromatic N) is 2. The standard InChI is InChI=1S/C17H17N3O2/c1-21-15-7-3-13(4-8-15)19-17-18-11-12-20(17)14-5-9-16(22-2)10-6-14/h3-12H,1-2H3,(H,18,19). The lowest BCUT2D eigenvalue weighted by atomic mass is 10.3. The van der Waals surface area contributed by atoms with Crippen LogP contribution in [0.1, 0.15) is 0 Å². The highest BCUT2D eigenvalue weighted by Crippen LogP contribution is 2.22. The first-order chi connectivity index (χ1) is 10.8. The molecule has 5 nitrogen and oxygen atoms in total. The quantitative estimate of drug-likeness (QED) is 0.781. The predicted molar refractivity (Wildman–Crippen MR) is 86.4 cm³/mol. The summed E-state index contributed by atoms with van der Waals surface area (Å²) in [6.07, 6.45) is 3.67. The Hall–Kier alpha value is -2.95. The number of ether oxygens (including phenoxy) is 2. The minimum absolute atomic E-state index is 0.746. The van der Waals surface area contributed by atoms with Crippen molar-refractivity contribution in [2.45, 2.75) is 0 Å². The fourth-order valence-corrected chi connectivity index (χ4v) is 2.15. The Bertz CT molecular complexity index is 733. The second kappa shape index (κ2) is 6.22.